The lowest BCUT2D eigenvalue weighted by Crippen LogP contribution is -2.26. The van der Waals surface area contributed by atoms with E-state index in [2.05, 4.69) is 19.9 Å². The lowest BCUT2D eigenvalue weighted by atomic mass is 10.1. The first-order valence-electron chi connectivity index (χ1n) is 9.21. The minimum Gasteiger partial charge on any atom is -0.496 e. The van der Waals surface area contributed by atoms with Gasteiger partial charge in [-0.3, -0.25) is 19.1 Å². The summed E-state index contributed by atoms with van der Waals surface area (Å²) in [6, 6.07) is 5.50. The van der Waals surface area contributed by atoms with Gasteiger partial charge in [-0.15, -0.1) is 0 Å². The number of hydrogen-bond donors (Lipinski definition) is 1. The molecular weight excluding hydrogens is 406 g/mol. The number of imidazole rings is 1. The van der Waals surface area contributed by atoms with Crippen LogP contribution in [0.25, 0.3) is 11.2 Å². The van der Waals surface area contributed by atoms with E-state index in [9.17, 15) is 4.79 Å². The lowest BCUT2D eigenvalue weighted by molar-refractivity contribution is 0.406. The molecule has 10 heteroatoms. The number of fused-ring (bicyclic) bond motifs is 1. The highest BCUT2D eigenvalue weighted by Gasteiger charge is 2.21. The molecule has 4 aromatic heterocycles. The van der Waals surface area contributed by atoms with Gasteiger partial charge in [0.05, 0.1) is 31.6 Å². The van der Waals surface area contributed by atoms with Crippen molar-refractivity contribution < 1.29 is 4.74 Å². The summed E-state index contributed by atoms with van der Waals surface area (Å²) < 4.78 is 8.48. The van der Waals surface area contributed by atoms with Gasteiger partial charge in [0.15, 0.2) is 10.8 Å². The predicted octanol–water partition coefficient (Wildman–Crippen LogP) is 2.34. The van der Waals surface area contributed by atoms with Gasteiger partial charge >= 0.3 is 5.69 Å². The number of aromatic nitrogens is 6. The van der Waals surface area contributed by atoms with Crippen molar-refractivity contribution in [1.29, 1.82) is 0 Å². The van der Waals surface area contributed by atoms with Crippen molar-refractivity contribution in [2.45, 2.75) is 26.9 Å². The molecular formula is C20H20ClN7O2. The van der Waals surface area contributed by atoms with E-state index >= 15 is 0 Å². The number of nitrogen functional groups attached to an aromatic ring is 1. The van der Waals surface area contributed by atoms with E-state index in [1.54, 1.807) is 19.5 Å². The SMILES string of the molecule is COc1c(C)cnc(Cn2c(=O)n(Cc3ccccn3)c3c(Cl)nc(N)nc32)c1C. The van der Waals surface area contributed by atoms with Crippen molar-refractivity contribution in [3.8, 4) is 5.75 Å². The van der Waals surface area contributed by atoms with E-state index in [1.165, 1.54) is 9.13 Å². The zero-order chi connectivity index (χ0) is 21.4. The molecule has 0 saturated carbocycles. The van der Waals surface area contributed by atoms with Crippen molar-refractivity contribution in [2.75, 3.05) is 12.8 Å². The monoisotopic (exact) mass is 425 g/mol. The highest BCUT2D eigenvalue weighted by molar-refractivity contribution is 6.33. The zero-order valence-electron chi connectivity index (χ0n) is 16.8. The molecule has 4 heterocycles. The normalized spacial score (nSPS) is 11.2. The van der Waals surface area contributed by atoms with Crippen molar-refractivity contribution in [3.63, 3.8) is 0 Å². The number of nitrogens with zero attached hydrogens (tertiary/aromatic N) is 6. The highest BCUT2D eigenvalue weighted by Crippen LogP contribution is 2.26. The Morgan fingerprint density at radius 1 is 1.13 bits per heavy atom. The van der Waals surface area contributed by atoms with Crippen LogP contribution >= 0.6 is 11.6 Å². The van der Waals surface area contributed by atoms with E-state index in [0.29, 0.717) is 22.6 Å². The van der Waals surface area contributed by atoms with E-state index in [0.717, 1.165) is 16.9 Å². The number of hydrogen-bond acceptors (Lipinski definition) is 7. The Morgan fingerprint density at radius 3 is 2.63 bits per heavy atom. The molecule has 0 atom stereocenters. The molecule has 0 aliphatic rings. The maximum Gasteiger partial charge on any atom is 0.331 e. The molecule has 154 valence electrons. The number of rotatable bonds is 5. The lowest BCUT2D eigenvalue weighted by Gasteiger charge is -2.12. The first-order valence-corrected chi connectivity index (χ1v) is 9.59. The highest BCUT2D eigenvalue weighted by atomic mass is 35.5. The molecule has 0 unspecified atom stereocenters. The summed E-state index contributed by atoms with van der Waals surface area (Å²) in [5.74, 6) is 0.722. The molecule has 0 aliphatic heterocycles. The van der Waals surface area contributed by atoms with Crippen LogP contribution in [-0.2, 0) is 13.1 Å². The Balaban J connectivity index is 1.91. The predicted molar refractivity (Wildman–Crippen MR) is 114 cm³/mol. The molecule has 2 N–H and O–H groups in total. The van der Waals surface area contributed by atoms with Crippen molar-refractivity contribution in [1.82, 2.24) is 29.1 Å². The maximum absolute atomic E-state index is 13.4. The van der Waals surface area contributed by atoms with Crippen LogP contribution in [0.3, 0.4) is 0 Å². The van der Waals surface area contributed by atoms with Crippen LogP contribution in [0.15, 0.2) is 35.4 Å². The van der Waals surface area contributed by atoms with Gasteiger partial charge in [0.2, 0.25) is 5.95 Å². The number of aryl methyl sites for hydroxylation is 1. The second kappa shape index (κ2) is 7.75. The van der Waals surface area contributed by atoms with Gasteiger partial charge < -0.3 is 10.5 Å². The largest absolute Gasteiger partial charge is 0.496 e. The molecule has 0 aromatic carbocycles. The van der Waals surface area contributed by atoms with Crippen LogP contribution in [0.5, 0.6) is 5.75 Å². The zero-order valence-corrected chi connectivity index (χ0v) is 17.5. The standard InChI is InChI=1S/C20H20ClN7O2/c1-11-8-24-14(12(2)16(11)30-3)10-28-18-15(17(21)25-19(22)26-18)27(20(28)29)9-13-6-4-5-7-23-13/h4-8H,9-10H2,1-3H3,(H2,22,25,26). The molecule has 0 amide bonds. The number of ether oxygens (including phenoxy) is 1. The Kier molecular flexibility index (Phi) is 5.13. The summed E-state index contributed by atoms with van der Waals surface area (Å²) in [6.07, 6.45) is 3.39. The second-order valence-electron chi connectivity index (χ2n) is 6.87. The number of anilines is 1. The van der Waals surface area contributed by atoms with Crippen LogP contribution in [0, 0.1) is 13.8 Å². The topological polar surface area (TPSA) is 114 Å². The Bertz CT molecular complexity index is 1300. The minimum atomic E-state index is -0.307. The molecule has 9 nitrogen and oxygen atoms in total. The van der Waals surface area contributed by atoms with Gasteiger partial charge in [0.1, 0.15) is 11.3 Å². The van der Waals surface area contributed by atoms with Gasteiger partial charge in [-0.2, -0.15) is 9.97 Å². The Morgan fingerprint density at radius 2 is 1.93 bits per heavy atom. The van der Waals surface area contributed by atoms with Gasteiger partial charge in [0.25, 0.3) is 0 Å². The fraction of sp³-hybridized carbons (Fsp3) is 0.250. The summed E-state index contributed by atoms with van der Waals surface area (Å²) in [4.78, 5) is 30.5. The van der Waals surface area contributed by atoms with Crippen LogP contribution < -0.4 is 16.2 Å². The van der Waals surface area contributed by atoms with Crippen LogP contribution in [-0.4, -0.2) is 36.2 Å². The molecule has 0 spiro atoms. The molecule has 4 rings (SSSR count). The van der Waals surface area contributed by atoms with Gasteiger partial charge in [-0.25, -0.2) is 4.79 Å². The molecule has 0 aliphatic carbocycles. The summed E-state index contributed by atoms with van der Waals surface area (Å²) in [5.41, 5.74) is 9.41. The molecule has 30 heavy (non-hydrogen) atoms. The van der Waals surface area contributed by atoms with E-state index < -0.39 is 0 Å². The van der Waals surface area contributed by atoms with Crippen LogP contribution in [0.4, 0.5) is 5.95 Å². The van der Waals surface area contributed by atoms with E-state index in [-0.39, 0.29) is 29.9 Å². The first kappa shape index (κ1) is 19.8. The average molecular weight is 426 g/mol. The van der Waals surface area contributed by atoms with E-state index in [4.69, 9.17) is 22.1 Å². The number of halogens is 1. The fourth-order valence-corrected chi connectivity index (χ4v) is 3.78. The molecule has 4 aromatic rings. The minimum absolute atomic E-state index is 0.0117. The van der Waals surface area contributed by atoms with Crippen molar-refractivity contribution in [2.24, 2.45) is 0 Å². The Hall–Kier alpha value is -3.46. The molecule has 0 fully saturated rings. The third-order valence-electron chi connectivity index (χ3n) is 4.93. The Labute approximate surface area is 177 Å². The van der Waals surface area contributed by atoms with Crippen LogP contribution in [0.2, 0.25) is 5.15 Å². The second-order valence-corrected chi connectivity index (χ2v) is 7.22. The third kappa shape index (κ3) is 3.37. The summed E-state index contributed by atoms with van der Waals surface area (Å²) >= 11 is 6.36. The molecule has 0 radical (unpaired) electrons. The number of nitrogens with two attached hydrogens (primary N) is 1. The summed E-state index contributed by atoms with van der Waals surface area (Å²) in [6.45, 7) is 4.23. The van der Waals surface area contributed by atoms with Gasteiger partial charge in [-0.05, 0) is 26.0 Å². The van der Waals surface area contributed by atoms with Crippen molar-refractivity contribution in [3.05, 3.63) is 68.7 Å². The van der Waals surface area contributed by atoms with Crippen molar-refractivity contribution >= 4 is 28.7 Å². The number of methoxy groups -OCH3 is 1. The van der Waals surface area contributed by atoms with Gasteiger partial charge in [-0.1, -0.05) is 17.7 Å². The average Bonchev–Trinajstić information content (AvgIpc) is 2.97. The van der Waals surface area contributed by atoms with E-state index in [1.807, 2.05) is 32.0 Å². The fourth-order valence-electron chi connectivity index (χ4n) is 3.51. The van der Waals surface area contributed by atoms with Crippen LogP contribution in [0.1, 0.15) is 22.5 Å². The first-order chi connectivity index (χ1) is 14.4. The molecule has 0 bridgehead atoms. The summed E-state index contributed by atoms with van der Waals surface area (Å²) in [5, 5.41) is 0.107. The van der Waals surface area contributed by atoms with Gasteiger partial charge in [0, 0.05) is 23.5 Å². The smallest absolute Gasteiger partial charge is 0.331 e. The maximum atomic E-state index is 13.4. The summed E-state index contributed by atoms with van der Waals surface area (Å²) in [7, 11) is 1.61. The molecule has 0 saturated heterocycles. The quantitative estimate of drug-likeness (QED) is 0.488. The third-order valence-corrected chi connectivity index (χ3v) is 5.20. The number of pyridine rings is 2.